The number of carbonyl (C=O) groups is 1. The summed E-state index contributed by atoms with van der Waals surface area (Å²) in [6, 6.07) is 7.74. The molecule has 1 aliphatic heterocycles. The Balaban J connectivity index is 1.35. The summed E-state index contributed by atoms with van der Waals surface area (Å²) < 4.78 is 0. The summed E-state index contributed by atoms with van der Waals surface area (Å²) in [5.41, 5.74) is 10.2. The maximum absolute atomic E-state index is 11.5. The van der Waals surface area contributed by atoms with Crippen molar-refractivity contribution in [2.45, 2.75) is 33.1 Å². The molecular formula is C27H35N9O. The van der Waals surface area contributed by atoms with Gasteiger partial charge in [0.05, 0.1) is 17.2 Å². The van der Waals surface area contributed by atoms with Crippen molar-refractivity contribution in [2.75, 3.05) is 44.6 Å². The van der Waals surface area contributed by atoms with Crippen LogP contribution in [0.25, 0.3) is 16.6 Å². The molecule has 3 aromatic rings. The Kier molecular flexibility index (Phi) is 8.73. The maximum atomic E-state index is 11.5. The van der Waals surface area contributed by atoms with E-state index in [0.717, 1.165) is 66.9 Å². The van der Waals surface area contributed by atoms with Crippen LogP contribution in [-0.4, -0.2) is 81.4 Å². The minimum absolute atomic E-state index is 0.155. The summed E-state index contributed by atoms with van der Waals surface area (Å²) in [5.74, 6) is 1.83. The molecule has 1 aliphatic rings. The largest absolute Gasteiger partial charge is 0.404 e. The highest BCUT2D eigenvalue weighted by Crippen LogP contribution is 2.21. The molecule has 10 heteroatoms. The predicted molar refractivity (Wildman–Crippen MR) is 148 cm³/mol. The van der Waals surface area contributed by atoms with E-state index in [4.69, 9.17) is 10.7 Å². The van der Waals surface area contributed by atoms with E-state index in [0.29, 0.717) is 24.1 Å². The van der Waals surface area contributed by atoms with Gasteiger partial charge in [-0.1, -0.05) is 13.8 Å². The van der Waals surface area contributed by atoms with Crippen LogP contribution in [0.4, 0.5) is 11.6 Å². The zero-order valence-corrected chi connectivity index (χ0v) is 21.8. The number of aromatic nitrogens is 4. The van der Waals surface area contributed by atoms with Crippen LogP contribution >= 0.6 is 0 Å². The number of fused-ring (bicyclic) bond motifs is 1. The van der Waals surface area contributed by atoms with Gasteiger partial charge in [0.2, 0.25) is 5.91 Å². The van der Waals surface area contributed by atoms with E-state index in [1.165, 1.54) is 0 Å². The third-order valence-corrected chi connectivity index (χ3v) is 6.46. The van der Waals surface area contributed by atoms with E-state index in [1.807, 2.05) is 29.2 Å². The van der Waals surface area contributed by atoms with Crippen LogP contribution in [0.5, 0.6) is 0 Å². The second-order valence-electron chi connectivity index (χ2n) is 9.47. The van der Waals surface area contributed by atoms with E-state index < -0.39 is 0 Å². The van der Waals surface area contributed by atoms with E-state index in [2.05, 4.69) is 44.2 Å². The van der Waals surface area contributed by atoms with Crippen molar-refractivity contribution in [2.24, 2.45) is 10.7 Å². The van der Waals surface area contributed by atoms with Crippen molar-refractivity contribution in [3.63, 3.8) is 0 Å². The molecule has 3 N–H and O–H groups in total. The highest BCUT2D eigenvalue weighted by molar-refractivity contribution is 6.10. The number of amides is 1. The van der Waals surface area contributed by atoms with Gasteiger partial charge in [-0.3, -0.25) is 19.7 Å². The smallest absolute Gasteiger partial charge is 0.219 e. The molecule has 0 atom stereocenters. The maximum Gasteiger partial charge on any atom is 0.219 e. The number of hydrogen-bond donors (Lipinski definition) is 2. The number of carbonyl (C=O) groups excluding carboxylic acids is 1. The van der Waals surface area contributed by atoms with Gasteiger partial charge in [0, 0.05) is 75.9 Å². The minimum Gasteiger partial charge on any atom is -0.404 e. The third kappa shape index (κ3) is 7.07. The highest BCUT2D eigenvalue weighted by Gasteiger charge is 2.17. The average molecular weight is 502 g/mol. The molecule has 0 spiro atoms. The van der Waals surface area contributed by atoms with Gasteiger partial charge >= 0.3 is 0 Å². The van der Waals surface area contributed by atoms with E-state index in [1.54, 1.807) is 31.7 Å². The average Bonchev–Trinajstić information content (AvgIpc) is 2.90. The molecule has 0 unspecified atom stereocenters. The molecule has 4 rings (SSSR count). The zero-order chi connectivity index (χ0) is 26.2. The van der Waals surface area contributed by atoms with Crippen LogP contribution in [0.2, 0.25) is 0 Å². The lowest BCUT2D eigenvalue weighted by atomic mass is 10.1. The summed E-state index contributed by atoms with van der Waals surface area (Å²) >= 11 is 0. The molecule has 4 heterocycles. The van der Waals surface area contributed by atoms with Crippen LogP contribution in [0.1, 0.15) is 44.2 Å². The monoisotopic (exact) mass is 501 g/mol. The molecule has 0 bridgehead atoms. The molecule has 1 saturated heterocycles. The Hall–Kier alpha value is -3.92. The number of pyridine rings is 2. The standard InChI is InChI=1S/C27H35N9O/c1-19(2)21-14-27(34-31-18-21)33-26-6-5-24-25(32-26)13-22(17-30-24)23(15-28)16-29-7-4-8-35-9-11-36(12-10-35)20(3)37/h5-6,13-19H,4,7-12,28H2,1-3H3,(H,32,33,34). The zero-order valence-electron chi connectivity index (χ0n) is 21.8. The molecule has 3 aromatic heterocycles. The quantitative estimate of drug-likeness (QED) is 0.338. The van der Waals surface area contributed by atoms with E-state index in [-0.39, 0.29) is 5.91 Å². The number of nitrogens with two attached hydrogens (primary N) is 1. The SMILES string of the molecule is CC(=O)N1CCN(CCCN=CC(=CN)c2cnc3ccc(Nc4cc(C(C)C)cnn4)nc3c2)CC1. The molecule has 0 radical (unpaired) electrons. The summed E-state index contributed by atoms with van der Waals surface area (Å²) in [6.45, 7) is 11.0. The first kappa shape index (κ1) is 26.2. The fraction of sp³-hybridized carbons (Fsp3) is 0.407. The number of aliphatic imine (C=N–C) groups is 1. The Morgan fingerprint density at radius 1 is 1.14 bits per heavy atom. The molecule has 0 aromatic carbocycles. The summed E-state index contributed by atoms with van der Waals surface area (Å²) in [4.78, 5) is 29.6. The molecule has 1 fully saturated rings. The molecule has 37 heavy (non-hydrogen) atoms. The second-order valence-corrected chi connectivity index (χ2v) is 9.47. The summed E-state index contributed by atoms with van der Waals surface area (Å²) in [6.07, 6.45) is 7.85. The lowest BCUT2D eigenvalue weighted by molar-refractivity contribution is -0.130. The number of piperazine rings is 1. The van der Waals surface area contributed by atoms with Gasteiger partial charge in [-0.15, -0.1) is 5.10 Å². The topological polar surface area (TPSA) is 126 Å². The predicted octanol–water partition coefficient (Wildman–Crippen LogP) is 3.21. The third-order valence-electron chi connectivity index (χ3n) is 6.46. The normalized spacial score (nSPS) is 15.1. The second kappa shape index (κ2) is 12.4. The molecule has 1 amide bonds. The number of hydrogen-bond acceptors (Lipinski definition) is 9. The minimum atomic E-state index is 0.155. The van der Waals surface area contributed by atoms with Gasteiger partial charge in [-0.25, -0.2) is 4.98 Å². The van der Waals surface area contributed by atoms with Gasteiger partial charge in [0.15, 0.2) is 5.82 Å². The van der Waals surface area contributed by atoms with Crippen LogP contribution in [0.3, 0.4) is 0 Å². The first-order valence-electron chi connectivity index (χ1n) is 12.7. The van der Waals surface area contributed by atoms with Crippen molar-refractivity contribution in [3.8, 4) is 0 Å². The Morgan fingerprint density at radius 2 is 1.95 bits per heavy atom. The van der Waals surface area contributed by atoms with E-state index >= 15 is 0 Å². The Morgan fingerprint density at radius 3 is 2.68 bits per heavy atom. The Bertz CT molecular complexity index is 1280. The van der Waals surface area contributed by atoms with Crippen LogP contribution < -0.4 is 11.1 Å². The fourth-order valence-corrected chi connectivity index (χ4v) is 4.17. The van der Waals surface area contributed by atoms with Crippen molar-refractivity contribution in [1.82, 2.24) is 30.0 Å². The molecule has 194 valence electrons. The van der Waals surface area contributed by atoms with Crippen LogP contribution in [-0.2, 0) is 4.79 Å². The lowest BCUT2D eigenvalue weighted by Crippen LogP contribution is -2.48. The summed E-state index contributed by atoms with van der Waals surface area (Å²) in [7, 11) is 0. The molecule has 10 nitrogen and oxygen atoms in total. The Labute approximate surface area is 217 Å². The van der Waals surface area contributed by atoms with Crippen molar-refractivity contribution in [3.05, 3.63) is 54.0 Å². The highest BCUT2D eigenvalue weighted by atomic mass is 16.2. The molecule has 0 saturated carbocycles. The van der Waals surface area contributed by atoms with Crippen LogP contribution in [0.15, 0.2) is 47.9 Å². The molecular weight excluding hydrogens is 466 g/mol. The number of nitrogens with one attached hydrogen (secondary N) is 1. The first-order chi connectivity index (χ1) is 17.9. The van der Waals surface area contributed by atoms with Crippen molar-refractivity contribution < 1.29 is 4.79 Å². The lowest BCUT2D eigenvalue weighted by Gasteiger charge is -2.34. The van der Waals surface area contributed by atoms with Crippen LogP contribution in [0, 0.1) is 0 Å². The number of rotatable bonds is 9. The summed E-state index contributed by atoms with van der Waals surface area (Å²) in [5, 5.41) is 11.5. The van der Waals surface area contributed by atoms with E-state index in [9.17, 15) is 4.79 Å². The number of nitrogens with zero attached hydrogens (tertiary/aromatic N) is 7. The number of anilines is 2. The van der Waals surface area contributed by atoms with Gasteiger partial charge in [-0.2, -0.15) is 5.10 Å². The number of allylic oxidation sites excluding steroid dienone is 1. The first-order valence-corrected chi connectivity index (χ1v) is 12.7. The fourth-order valence-electron chi connectivity index (χ4n) is 4.17. The van der Waals surface area contributed by atoms with Gasteiger partial charge in [0.1, 0.15) is 5.82 Å². The van der Waals surface area contributed by atoms with Gasteiger partial charge in [-0.05, 0) is 42.2 Å². The van der Waals surface area contributed by atoms with Crippen molar-refractivity contribution in [1.29, 1.82) is 0 Å². The van der Waals surface area contributed by atoms with Gasteiger partial charge < -0.3 is 16.0 Å². The van der Waals surface area contributed by atoms with Crippen molar-refractivity contribution >= 4 is 40.4 Å². The molecule has 0 aliphatic carbocycles. The van der Waals surface area contributed by atoms with Gasteiger partial charge in [0.25, 0.3) is 0 Å².